The molecule has 0 atom stereocenters. The summed E-state index contributed by atoms with van der Waals surface area (Å²) in [4.78, 5) is 13.0. The summed E-state index contributed by atoms with van der Waals surface area (Å²) in [7, 11) is 1.76. The number of likely N-dealkylation sites (N-methyl/N-ethyl adjacent to an activating group) is 1. The largest absolute Gasteiger partial charge is 0.451 e. The second-order valence-electron chi connectivity index (χ2n) is 2.83. The molecule has 4 heteroatoms. The van der Waals surface area contributed by atoms with Crippen molar-refractivity contribution >= 4 is 34.6 Å². The van der Waals surface area contributed by atoms with E-state index in [4.69, 9.17) is 4.42 Å². The number of carbonyl (C=O) groups excluding carboxylic acids is 1. The van der Waals surface area contributed by atoms with Crippen LogP contribution in [0.15, 0.2) is 22.6 Å². The van der Waals surface area contributed by atoms with Crippen molar-refractivity contribution in [3.05, 3.63) is 27.7 Å². The van der Waals surface area contributed by atoms with Crippen molar-refractivity contribution in [3.8, 4) is 0 Å². The predicted octanol–water partition coefficient (Wildman–Crippen LogP) is 2.38. The van der Waals surface area contributed by atoms with Crippen molar-refractivity contribution < 1.29 is 9.21 Å². The number of halogens is 1. The summed E-state index contributed by atoms with van der Waals surface area (Å²) >= 11 is 2.08. The third-order valence-electron chi connectivity index (χ3n) is 1.83. The molecule has 0 radical (unpaired) electrons. The Hall–Kier alpha value is -0.780. The standard InChI is InChI=1S/C10H12INO2/c1-3-12(2)10(13)7-5-8-4-6-9(11)14-8/h4-7H,3H2,1-2H3/b7-5+. The molecule has 0 aliphatic rings. The molecule has 0 fully saturated rings. The first-order valence-electron chi connectivity index (χ1n) is 4.32. The van der Waals surface area contributed by atoms with Crippen molar-refractivity contribution in [1.82, 2.24) is 4.90 Å². The molecular formula is C10H12INO2. The quantitative estimate of drug-likeness (QED) is 0.634. The highest BCUT2D eigenvalue weighted by Crippen LogP contribution is 2.11. The van der Waals surface area contributed by atoms with Crippen molar-refractivity contribution in [2.45, 2.75) is 6.92 Å². The van der Waals surface area contributed by atoms with Gasteiger partial charge in [-0.3, -0.25) is 4.79 Å². The van der Waals surface area contributed by atoms with Crippen LogP contribution in [0.25, 0.3) is 6.08 Å². The molecule has 0 N–H and O–H groups in total. The zero-order chi connectivity index (χ0) is 10.6. The second kappa shape index (κ2) is 5.19. The van der Waals surface area contributed by atoms with Crippen molar-refractivity contribution in [2.75, 3.05) is 13.6 Å². The van der Waals surface area contributed by atoms with Gasteiger partial charge in [-0.25, -0.2) is 0 Å². The van der Waals surface area contributed by atoms with Crippen LogP contribution in [-0.4, -0.2) is 24.4 Å². The highest BCUT2D eigenvalue weighted by Gasteiger charge is 2.01. The maximum Gasteiger partial charge on any atom is 0.246 e. The minimum Gasteiger partial charge on any atom is -0.451 e. The Morgan fingerprint density at radius 1 is 1.64 bits per heavy atom. The summed E-state index contributed by atoms with van der Waals surface area (Å²) in [5.74, 6) is 0.686. The van der Waals surface area contributed by atoms with E-state index in [0.717, 1.165) is 3.77 Å². The topological polar surface area (TPSA) is 33.5 Å². The number of hydrogen-bond donors (Lipinski definition) is 0. The fourth-order valence-electron chi connectivity index (χ4n) is 0.854. The van der Waals surface area contributed by atoms with Crippen LogP contribution >= 0.6 is 22.6 Å². The van der Waals surface area contributed by atoms with Gasteiger partial charge in [0.1, 0.15) is 5.76 Å². The molecule has 3 nitrogen and oxygen atoms in total. The highest BCUT2D eigenvalue weighted by atomic mass is 127. The zero-order valence-electron chi connectivity index (χ0n) is 8.16. The van der Waals surface area contributed by atoms with E-state index >= 15 is 0 Å². The first kappa shape index (κ1) is 11.3. The van der Waals surface area contributed by atoms with Crippen molar-refractivity contribution in [3.63, 3.8) is 0 Å². The summed E-state index contributed by atoms with van der Waals surface area (Å²) in [6, 6.07) is 3.69. The van der Waals surface area contributed by atoms with E-state index in [9.17, 15) is 4.79 Å². The number of hydrogen-bond acceptors (Lipinski definition) is 2. The van der Waals surface area contributed by atoms with Gasteiger partial charge in [-0.2, -0.15) is 0 Å². The van der Waals surface area contributed by atoms with E-state index in [-0.39, 0.29) is 5.91 Å². The average Bonchev–Trinajstić information content (AvgIpc) is 2.59. The first-order valence-corrected chi connectivity index (χ1v) is 5.40. The summed E-state index contributed by atoms with van der Waals surface area (Å²) in [5.41, 5.74) is 0. The van der Waals surface area contributed by atoms with E-state index < -0.39 is 0 Å². The molecule has 1 amide bonds. The van der Waals surface area contributed by atoms with E-state index in [1.165, 1.54) is 6.08 Å². The lowest BCUT2D eigenvalue weighted by Crippen LogP contribution is -2.23. The van der Waals surface area contributed by atoms with Gasteiger partial charge in [0.2, 0.25) is 5.91 Å². The van der Waals surface area contributed by atoms with Crippen LogP contribution in [0.5, 0.6) is 0 Å². The molecule has 0 aromatic carbocycles. The van der Waals surface area contributed by atoms with Gasteiger partial charge in [-0.05, 0) is 47.7 Å². The van der Waals surface area contributed by atoms with Gasteiger partial charge in [0, 0.05) is 19.7 Å². The first-order chi connectivity index (χ1) is 6.63. The molecule has 0 aliphatic heterocycles. The maximum atomic E-state index is 11.3. The Bertz CT molecular complexity index is 344. The number of carbonyl (C=O) groups is 1. The lowest BCUT2D eigenvalue weighted by molar-refractivity contribution is -0.124. The van der Waals surface area contributed by atoms with Crippen LogP contribution in [0.4, 0.5) is 0 Å². The Kier molecular flexibility index (Phi) is 4.19. The number of rotatable bonds is 3. The molecule has 0 bridgehead atoms. The molecule has 1 rings (SSSR count). The van der Waals surface area contributed by atoms with Gasteiger partial charge in [-0.1, -0.05) is 0 Å². The summed E-state index contributed by atoms with van der Waals surface area (Å²) in [6.07, 6.45) is 3.19. The van der Waals surface area contributed by atoms with Gasteiger partial charge >= 0.3 is 0 Å². The Labute approximate surface area is 96.9 Å². The fourth-order valence-corrected chi connectivity index (χ4v) is 1.29. The van der Waals surface area contributed by atoms with E-state index in [1.807, 2.05) is 19.1 Å². The highest BCUT2D eigenvalue weighted by molar-refractivity contribution is 14.1. The van der Waals surface area contributed by atoms with Gasteiger partial charge < -0.3 is 9.32 Å². The third kappa shape index (κ3) is 3.17. The Balaban J connectivity index is 2.60. The molecule has 0 aliphatic carbocycles. The van der Waals surface area contributed by atoms with E-state index in [2.05, 4.69) is 22.6 Å². The minimum atomic E-state index is -0.0149. The molecule has 0 saturated heterocycles. The van der Waals surface area contributed by atoms with Gasteiger partial charge in [0.05, 0.1) is 0 Å². The van der Waals surface area contributed by atoms with Crippen LogP contribution in [0.3, 0.4) is 0 Å². The molecule has 76 valence electrons. The Morgan fingerprint density at radius 3 is 2.86 bits per heavy atom. The summed E-state index contributed by atoms with van der Waals surface area (Å²) in [5, 5.41) is 0. The lowest BCUT2D eigenvalue weighted by Gasteiger charge is -2.10. The SMILES string of the molecule is CCN(C)C(=O)/C=C/c1ccc(I)o1. The zero-order valence-corrected chi connectivity index (χ0v) is 10.3. The van der Waals surface area contributed by atoms with Gasteiger partial charge in [-0.15, -0.1) is 0 Å². The molecular weight excluding hydrogens is 293 g/mol. The molecule has 14 heavy (non-hydrogen) atoms. The number of nitrogens with zero attached hydrogens (tertiary/aromatic N) is 1. The fraction of sp³-hybridized carbons (Fsp3) is 0.300. The van der Waals surface area contributed by atoms with Crippen LogP contribution in [0, 0.1) is 3.77 Å². The van der Waals surface area contributed by atoms with Crippen LogP contribution in [-0.2, 0) is 4.79 Å². The van der Waals surface area contributed by atoms with Crippen LogP contribution in [0.2, 0.25) is 0 Å². The van der Waals surface area contributed by atoms with E-state index in [1.54, 1.807) is 18.0 Å². The van der Waals surface area contributed by atoms with Gasteiger partial charge in [0.15, 0.2) is 3.77 Å². The predicted molar refractivity (Wildman–Crippen MR) is 63.8 cm³/mol. The van der Waals surface area contributed by atoms with E-state index in [0.29, 0.717) is 12.3 Å². The average molecular weight is 305 g/mol. The maximum absolute atomic E-state index is 11.3. The Morgan fingerprint density at radius 2 is 2.36 bits per heavy atom. The molecule has 0 saturated carbocycles. The van der Waals surface area contributed by atoms with Crippen LogP contribution in [0.1, 0.15) is 12.7 Å². The number of amides is 1. The smallest absolute Gasteiger partial charge is 0.246 e. The molecule has 1 aromatic heterocycles. The molecule has 0 unspecified atom stereocenters. The monoisotopic (exact) mass is 305 g/mol. The summed E-state index contributed by atoms with van der Waals surface area (Å²) < 4.78 is 6.09. The molecule has 1 aromatic rings. The normalized spacial score (nSPS) is 10.8. The number of furan rings is 1. The summed E-state index contributed by atoms with van der Waals surface area (Å²) in [6.45, 7) is 2.64. The lowest BCUT2D eigenvalue weighted by atomic mass is 10.3. The van der Waals surface area contributed by atoms with Crippen molar-refractivity contribution in [1.29, 1.82) is 0 Å². The van der Waals surface area contributed by atoms with Crippen LogP contribution < -0.4 is 0 Å². The minimum absolute atomic E-state index is 0.0149. The second-order valence-corrected chi connectivity index (χ2v) is 3.89. The third-order valence-corrected chi connectivity index (χ3v) is 2.41. The van der Waals surface area contributed by atoms with Crippen molar-refractivity contribution in [2.24, 2.45) is 0 Å². The van der Waals surface area contributed by atoms with Gasteiger partial charge in [0.25, 0.3) is 0 Å². The molecule has 1 heterocycles. The molecule has 0 spiro atoms.